The van der Waals surface area contributed by atoms with E-state index < -0.39 is 28.0 Å². The maximum atomic E-state index is 13.0. The summed E-state index contributed by atoms with van der Waals surface area (Å²) in [4.78, 5) is 25.9. The summed E-state index contributed by atoms with van der Waals surface area (Å²) in [5.74, 6) is -2.40. The second kappa shape index (κ2) is 10.2. The Morgan fingerprint density at radius 2 is 1.56 bits per heavy atom. The second-order valence-electron chi connectivity index (χ2n) is 7.95. The van der Waals surface area contributed by atoms with Gasteiger partial charge in [0, 0.05) is 21.7 Å². The van der Waals surface area contributed by atoms with Crippen molar-refractivity contribution in [3.63, 3.8) is 0 Å². The van der Waals surface area contributed by atoms with Gasteiger partial charge >= 0.3 is 0 Å². The Hall–Kier alpha value is -2.97. The van der Waals surface area contributed by atoms with Crippen molar-refractivity contribution in [3.05, 3.63) is 91.9 Å². The average Bonchev–Trinajstić information content (AvgIpc) is 3.41. The van der Waals surface area contributed by atoms with E-state index in [4.69, 9.17) is 63.3 Å². The molecule has 0 spiro atoms. The third-order valence-corrected chi connectivity index (χ3v) is 7.28. The normalized spacial score (nSPS) is 17.4. The van der Waals surface area contributed by atoms with Crippen molar-refractivity contribution in [2.45, 2.75) is 10.3 Å². The highest BCUT2D eigenvalue weighted by molar-refractivity contribution is 6.53. The van der Waals surface area contributed by atoms with Gasteiger partial charge in [-0.25, -0.2) is 0 Å². The molecule has 0 unspecified atom stereocenters. The van der Waals surface area contributed by atoms with Crippen LogP contribution in [0.3, 0.4) is 0 Å². The first-order valence-corrected chi connectivity index (χ1v) is 12.1. The molecule has 1 saturated carbocycles. The second-order valence-corrected chi connectivity index (χ2v) is 10.7. The minimum Gasteiger partial charge on any atom is -0.326 e. The van der Waals surface area contributed by atoms with Crippen LogP contribution >= 0.6 is 58.0 Å². The molecule has 6 nitrogen and oxygen atoms in total. The van der Waals surface area contributed by atoms with Crippen molar-refractivity contribution in [1.29, 1.82) is 10.5 Å². The first-order valence-electron chi connectivity index (χ1n) is 10.2. The van der Waals surface area contributed by atoms with Crippen LogP contribution in [0.25, 0.3) is 0 Å². The van der Waals surface area contributed by atoms with Crippen LogP contribution in [0.5, 0.6) is 0 Å². The highest BCUT2D eigenvalue weighted by Gasteiger charge is 2.67. The number of alkyl halides is 2. The molecule has 0 aromatic heterocycles. The summed E-state index contributed by atoms with van der Waals surface area (Å²) in [6.07, 6.45) is 0. The van der Waals surface area contributed by atoms with Crippen molar-refractivity contribution in [1.82, 2.24) is 0 Å². The van der Waals surface area contributed by atoms with Crippen LogP contribution in [0, 0.1) is 28.6 Å². The topological polar surface area (TPSA) is 106 Å². The van der Waals surface area contributed by atoms with Crippen molar-refractivity contribution in [2.75, 3.05) is 10.6 Å². The lowest BCUT2D eigenvalue weighted by molar-refractivity contribution is -0.117. The average molecular weight is 579 g/mol. The maximum Gasteiger partial charge on any atom is 0.257 e. The Morgan fingerprint density at radius 3 is 2.19 bits per heavy atom. The van der Waals surface area contributed by atoms with Crippen LogP contribution < -0.4 is 10.6 Å². The van der Waals surface area contributed by atoms with E-state index in [1.165, 1.54) is 36.4 Å². The molecule has 0 aliphatic heterocycles. The molecule has 2 amide bonds. The molecular weight excluding hydrogens is 566 g/mol. The lowest BCUT2D eigenvalue weighted by Crippen LogP contribution is -2.18. The fourth-order valence-electron chi connectivity index (χ4n) is 3.82. The van der Waals surface area contributed by atoms with Crippen molar-refractivity contribution in [3.8, 4) is 12.1 Å². The fraction of sp³-hybridized carbons (Fsp3) is 0.120. The van der Waals surface area contributed by atoms with Gasteiger partial charge in [-0.3, -0.25) is 9.59 Å². The first kappa shape index (κ1) is 26.1. The number of nitrogens with one attached hydrogen (secondary N) is 2. The summed E-state index contributed by atoms with van der Waals surface area (Å²) in [6.45, 7) is 0. The summed E-state index contributed by atoms with van der Waals surface area (Å²) in [5.41, 5.74) is 1.57. The van der Waals surface area contributed by atoms with Gasteiger partial charge in [0.1, 0.15) is 10.4 Å². The third-order valence-electron chi connectivity index (χ3n) is 5.58. The number of nitriles is 2. The first-order chi connectivity index (χ1) is 17.0. The molecule has 180 valence electrons. The zero-order chi connectivity index (χ0) is 26.2. The molecule has 0 heterocycles. The molecule has 4 rings (SSSR count). The number of hydrogen-bond acceptors (Lipinski definition) is 4. The maximum absolute atomic E-state index is 13.0. The predicted molar refractivity (Wildman–Crippen MR) is 141 cm³/mol. The Labute approximate surface area is 231 Å². The Bertz CT molecular complexity index is 1470. The van der Waals surface area contributed by atoms with E-state index in [-0.39, 0.29) is 33.1 Å². The lowest BCUT2D eigenvalue weighted by atomic mass is 10.1. The third kappa shape index (κ3) is 5.25. The number of amides is 2. The Morgan fingerprint density at radius 1 is 0.861 bits per heavy atom. The van der Waals surface area contributed by atoms with Crippen LogP contribution in [0.4, 0.5) is 11.4 Å². The summed E-state index contributed by atoms with van der Waals surface area (Å²) in [7, 11) is 0. The van der Waals surface area contributed by atoms with Gasteiger partial charge in [-0.1, -0.05) is 34.8 Å². The van der Waals surface area contributed by atoms with Crippen molar-refractivity contribution >= 4 is 81.2 Å². The molecule has 2 atom stereocenters. The van der Waals surface area contributed by atoms with Crippen LogP contribution in [-0.2, 0) is 4.79 Å². The van der Waals surface area contributed by atoms with E-state index in [0.29, 0.717) is 15.6 Å². The number of nitrogens with zero attached hydrogens (tertiary/aromatic N) is 2. The number of carbonyl (C=O) groups is 2. The van der Waals surface area contributed by atoms with Gasteiger partial charge in [-0.05, 0) is 60.2 Å². The summed E-state index contributed by atoms with van der Waals surface area (Å²) in [6, 6.07) is 17.4. The SMILES string of the molecule is N#Cc1ccc(NC(=O)c2cc(NC(=O)[C@@H]3[C@@H](c4cc(Cl)cc(Cl)c4)C3(Cl)Cl)ccc2Cl)c(C#N)c1. The highest BCUT2D eigenvalue weighted by atomic mass is 35.5. The number of rotatable bonds is 5. The summed E-state index contributed by atoms with van der Waals surface area (Å²) in [5, 5.41) is 24.6. The minimum absolute atomic E-state index is 0.0553. The molecule has 2 N–H and O–H groups in total. The van der Waals surface area contributed by atoms with Crippen LogP contribution in [0.15, 0.2) is 54.6 Å². The van der Waals surface area contributed by atoms with E-state index in [2.05, 4.69) is 10.6 Å². The van der Waals surface area contributed by atoms with Gasteiger partial charge in [-0.15, -0.1) is 23.2 Å². The van der Waals surface area contributed by atoms with Gasteiger partial charge < -0.3 is 10.6 Å². The number of carbonyl (C=O) groups excluding carboxylic acids is 2. The quantitative estimate of drug-likeness (QED) is 0.313. The number of halogens is 5. The van der Waals surface area contributed by atoms with Crippen LogP contribution in [0.2, 0.25) is 15.1 Å². The monoisotopic (exact) mass is 576 g/mol. The fourth-order valence-corrected chi connectivity index (χ4v) is 5.40. The zero-order valence-electron chi connectivity index (χ0n) is 18.0. The smallest absolute Gasteiger partial charge is 0.257 e. The molecule has 1 aliphatic rings. The predicted octanol–water partition coefficient (Wildman–Crippen LogP) is 7.17. The molecule has 0 bridgehead atoms. The van der Waals surface area contributed by atoms with E-state index in [1.54, 1.807) is 18.2 Å². The van der Waals surface area contributed by atoms with E-state index in [0.717, 1.165) is 0 Å². The van der Waals surface area contributed by atoms with Crippen molar-refractivity contribution in [2.24, 2.45) is 5.92 Å². The van der Waals surface area contributed by atoms with E-state index >= 15 is 0 Å². The number of hydrogen-bond donors (Lipinski definition) is 2. The van der Waals surface area contributed by atoms with Gasteiger partial charge in [0.25, 0.3) is 5.91 Å². The summed E-state index contributed by atoms with van der Waals surface area (Å²) < 4.78 is -1.37. The molecule has 3 aromatic carbocycles. The van der Waals surface area contributed by atoms with Gasteiger partial charge in [0.15, 0.2) is 0 Å². The van der Waals surface area contributed by atoms with Crippen molar-refractivity contribution < 1.29 is 9.59 Å². The molecule has 36 heavy (non-hydrogen) atoms. The van der Waals surface area contributed by atoms with Crippen LogP contribution in [0.1, 0.15) is 33.0 Å². The standard InChI is InChI=1S/C25H13Cl5N4O2/c26-15-6-13(7-16(27)8-15)21-22(25(21,29)30)24(36)33-17-2-3-19(28)18(9-17)23(35)34-20-4-1-12(10-31)5-14(20)11-32/h1-9,21-22H,(H,33,36)(H,34,35)/t21-,22+/m1/s1. The molecule has 0 radical (unpaired) electrons. The summed E-state index contributed by atoms with van der Waals surface area (Å²) >= 11 is 31.2. The number of benzene rings is 3. The molecular formula is C25H13Cl5N4O2. The van der Waals surface area contributed by atoms with Gasteiger partial charge in [-0.2, -0.15) is 10.5 Å². The van der Waals surface area contributed by atoms with E-state index in [9.17, 15) is 14.9 Å². The lowest BCUT2D eigenvalue weighted by Gasteiger charge is -2.11. The Balaban J connectivity index is 1.53. The van der Waals surface area contributed by atoms with E-state index in [1.807, 2.05) is 12.1 Å². The van der Waals surface area contributed by atoms with Gasteiger partial charge in [0.05, 0.1) is 39.4 Å². The minimum atomic E-state index is -1.37. The molecule has 11 heteroatoms. The molecule has 3 aromatic rings. The molecule has 1 aliphatic carbocycles. The Kier molecular flexibility index (Phi) is 7.38. The van der Waals surface area contributed by atoms with Crippen LogP contribution in [-0.4, -0.2) is 16.1 Å². The number of anilines is 2. The molecule has 0 saturated heterocycles. The zero-order valence-corrected chi connectivity index (χ0v) is 21.7. The largest absolute Gasteiger partial charge is 0.326 e. The van der Waals surface area contributed by atoms with Gasteiger partial charge in [0.2, 0.25) is 5.91 Å². The highest BCUT2D eigenvalue weighted by Crippen LogP contribution is 2.65. The molecule has 1 fully saturated rings.